The first-order chi connectivity index (χ1) is 24.9. The molecule has 0 fully saturated rings. The minimum atomic E-state index is 0. The van der Waals surface area contributed by atoms with Gasteiger partial charge in [-0.3, -0.25) is 4.98 Å². The summed E-state index contributed by atoms with van der Waals surface area (Å²) in [4.78, 5) is 13.5. The van der Waals surface area contributed by atoms with Crippen LogP contribution in [0, 0.1) is 39.8 Å². The van der Waals surface area contributed by atoms with Crippen molar-refractivity contribution in [1.29, 1.82) is 0 Å². The number of hydrogen-bond acceptors (Lipinski definition) is 4. The van der Waals surface area contributed by atoms with Crippen molar-refractivity contribution in [2.75, 3.05) is 0 Å². The molecule has 9 rings (SSSR count). The number of pyridine rings is 3. The Kier molecular flexibility index (Phi) is 9.91. The summed E-state index contributed by atoms with van der Waals surface area (Å²) < 4.78 is 6.71. The fourth-order valence-corrected chi connectivity index (χ4v) is 6.62. The summed E-state index contributed by atoms with van der Waals surface area (Å²) in [6, 6.07) is 46.2. The van der Waals surface area contributed by atoms with Crippen molar-refractivity contribution in [3.8, 4) is 44.8 Å². The Bertz CT molecular complexity index is 2620. The molecule has 0 N–H and O–H groups in total. The fourth-order valence-electron chi connectivity index (χ4n) is 6.62. The smallest absolute Gasteiger partial charge is 0.128 e. The van der Waals surface area contributed by atoms with Crippen LogP contribution in [0.25, 0.3) is 77.5 Å². The predicted molar refractivity (Wildman–Crippen MR) is 209 cm³/mol. The van der Waals surface area contributed by atoms with Gasteiger partial charge in [0.25, 0.3) is 0 Å². The van der Waals surface area contributed by atoms with Crippen LogP contribution in [0.2, 0.25) is 0 Å². The molecule has 4 nitrogen and oxygen atoms in total. The van der Waals surface area contributed by atoms with E-state index in [2.05, 4.69) is 122 Å². The summed E-state index contributed by atoms with van der Waals surface area (Å²) in [5.74, 6) is 0. The zero-order valence-electron chi connectivity index (χ0n) is 29.4. The van der Waals surface area contributed by atoms with E-state index in [9.17, 15) is 0 Å². The topological polar surface area (TPSA) is 51.8 Å². The van der Waals surface area contributed by atoms with Crippen LogP contribution in [0.5, 0.6) is 0 Å². The number of benzene rings is 5. The maximum absolute atomic E-state index is 6.71. The van der Waals surface area contributed by atoms with E-state index in [0.717, 1.165) is 77.7 Å². The van der Waals surface area contributed by atoms with E-state index in [4.69, 9.17) is 9.40 Å². The van der Waals surface area contributed by atoms with Gasteiger partial charge in [0.2, 0.25) is 0 Å². The summed E-state index contributed by atoms with van der Waals surface area (Å²) in [6.45, 7) is 8.33. The van der Waals surface area contributed by atoms with Crippen LogP contribution in [0.1, 0.15) is 22.3 Å². The van der Waals surface area contributed by atoms with Gasteiger partial charge in [-0.2, -0.15) is 0 Å². The second-order valence-electron chi connectivity index (χ2n) is 13.0. The maximum Gasteiger partial charge on any atom is 0.128 e. The molecule has 0 saturated carbocycles. The van der Waals surface area contributed by atoms with Gasteiger partial charge in [-0.15, -0.1) is 53.6 Å². The first kappa shape index (κ1) is 34.7. The molecule has 0 aliphatic heterocycles. The van der Waals surface area contributed by atoms with Crippen LogP contribution in [-0.2, 0) is 20.1 Å². The Hall–Kier alpha value is -5.74. The van der Waals surface area contributed by atoms with Gasteiger partial charge in [-0.25, -0.2) is 0 Å². The molecule has 0 amide bonds. The average molecular weight is 850 g/mol. The first-order valence-electron chi connectivity index (χ1n) is 17.1. The molecule has 5 heteroatoms. The van der Waals surface area contributed by atoms with Gasteiger partial charge in [0.05, 0.1) is 5.58 Å². The van der Waals surface area contributed by atoms with Gasteiger partial charge in [0.15, 0.2) is 0 Å². The molecule has 9 aromatic rings. The van der Waals surface area contributed by atoms with Crippen LogP contribution in [0.3, 0.4) is 0 Å². The Balaban J connectivity index is 0.000000236. The van der Waals surface area contributed by atoms with E-state index in [0.29, 0.717) is 0 Å². The molecule has 0 aliphatic rings. The van der Waals surface area contributed by atoms with Crippen LogP contribution in [0.4, 0.5) is 0 Å². The number of hydrogen-bond donors (Lipinski definition) is 0. The number of fused-ring (bicyclic) bond motifs is 4. The van der Waals surface area contributed by atoms with Crippen LogP contribution >= 0.6 is 0 Å². The molecule has 5 aromatic carbocycles. The van der Waals surface area contributed by atoms with Crippen molar-refractivity contribution in [1.82, 2.24) is 15.0 Å². The number of aromatic nitrogens is 3. The van der Waals surface area contributed by atoms with Gasteiger partial charge in [-0.05, 0) is 89.1 Å². The summed E-state index contributed by atoms with van der Waals surface area (Å²) in [6.07, 6.45) is 7.60. The van der Waals surface area contributed by atoms with Gasteiger partial charge >= 0.3 is 0 Å². The Morgan fingerprint density at radius 2 is 1.38 bits per heavy atom. The van der Waals surface area contributed by atoms with Gasteiger partial charge in [-0.1, -0.05) is 84.6 Å². The molecular weight excluding hydrogens is 815 g/mol. The molecule has 1 radical (unpaired) electrons. The molecule has 0 atom stereocenters. The van der Waals surface area contributed by atoms with Crippen LogP contribution in [0.15, 0.2) is 144 Å². The molecule has 0 bridgehead atoms. The third-order valence-electron chi connectivity index (χ3n) is 9.25. The Morgan fingerprint density at radius 3 is 2.17 bits per heavy atom. The van der Waals surface area contributed by atoms with Crippen molar-refractivity contribution in [2.45, 2.75) is 27.7 Å². The standard InChI is InChI=1S/C34H23N2O.C13H12N.Ir/c1-21-16-29(26-11-6-10-25-22(2)19-35-20-31(25)26)34-30(17-21)27-12-7-13-28(33(27)37-34)32-18-24(14-15-36-32)23-8-4-3-5-9-23;1-10-3-6-12(7-4-10)13-8-5-11(2)9-14-13;/h3-12,14-20H,1-2H3;3-6,8-9H,1-2H3;/q2*-1;. The monoisotopic (exact) mass is 850 g/mol. The van der Waals surface area contributed by atoms with Crippen molar-refractivity contribution in [3.63, 3.8) is 0 Å². The molecule has 0 saturated heterocycles. The van der Waals surface area contributed by atoms with E-state index in [1.54, 1.807) is 0 Å². The van der Waals surface area contributed by atoms with Crippen LogP contribution < -0.4 is 0 Å². The summed E-state index contributed by atoms with van der Waals surface area (Å²) in [5.41, 5.74) is 14.6. The second kappa shape index (κ2) is 14.9. The van der Waals surface area contributed by atoms with E-state index < -0.39 is 0 Å². The summed E-state index contributed by atoms with van der Waals surface area (Å²) in [7, 11) is 0. The van der Waals surface area contributed by atoms with Gasteiger partial charge < -0.3 is 14.4 Å². The first-order valence-corrected chi connectivity index (χ1v) is 17.1. The van der Waals surface area contributed by atoms with Crippen molar-refractivity contribution < 1.29 is 24.5 Å². The van der Waals surface area contributed by atoms with Gasteiger partial charge in [0.1, 0.15) is 5.58 Å². The second-order valence-corrected chi connectivity index (χ2v) is 13.0. The fraction of sp³-hybridized carbons (Fsp3) is 0.0851. The van der Waals surface area contributed by atoms with Crippen molar-refractivity contribution >= 4 is 32.7 Å². The van der Waals surface area contributed by atoms with E-state index in [1.807, 2.05) is 68.1 Å². The minimum absolute atomic E-state index is 0. The number of nitrogens with zero attached hydrogens (tertiary/aromatic N) is 3. The molecule has 0 aliphatic carbocycles. The summed E-state index contributed by atoms with van der Waals surface area (Å²) >= 11 is 0. The van der Waals surface area contributed by atoms with Crippen molar-refractivity contribution in [2.24, 2.45) is 0 Å². The number of aryl methyl sites for hydroxylation is 4. The quantitative estimate of drug-likeness (QED) is 0.166. The normalized spacial score (nSPS) is 10.9. The van der Waals surface area contributed by atoms with E-state index >= 15 is 0 Å². The molecule has 0 unspecified atom stereocenters. The molecular formula is C47H35IrN3O-2. The zero-order valence-corrected chi connectivity index (χ0v) is 31.8. The Morgan fingerprint density at radius 1 is 0.538 bits per heavy atom. The largest absolute Gasteiger partial charge is 0.500 e. The van der Waals surface area contributed by atoms with Gasteiger partial charge in [0, 0.05) is 61.2 Å². The number of furan rings is 1. The molecule has 255 valence electrons. The molecule has 4 heterocycles. The molecule has 4 aromatic heterocycles. The number of rotatable bonds is 4. The third kappa shape index (κ3) is 6.81. The SMILES string of the molecule is Cc1c[c-]c(-c2ccc(C)cn2)cc1.Cc1cc(-c2cccc3c(C)cncc23)c2oc3c(-c4cc(-c5ccccc5)ccn4)[c-]ccc3c2c1.[Ir]. The third-order valence-corrected chi connectivity index (χ3v) is 9.25. The minimum Gasteiger partial charge on any atom is -0.500 e. The summed E-state index contributed by atoms with van der Waals surface area (Å²) in [5, 5.41) is 4.49. The molecule has 0 spiro atoms. The van der Waals surface area contributed by atoms with Crippen molar-refractivity contribution in [3.05, 3.63) is 174 Å². The zero-order chi connectivity index (χ0) is 34.9. The predicted octanol–water partition coefficient (Wildman–Crippen LogP) is 12.1. The van der Waals surface area contributed by atoms with Crippen LogP contribution in [-0.4, -0.2) is 15.0 Å². The average Bonchev–Trinajstić information content (AvgIpc) is 3.54. The van der Waals surface area contributed by atoms with E-state index in [1.165, 1.54) is 22.1 Å². The maximum atomic E-state index is 6.71. The van der Waals surface area contributed by atoms with E-state index in [-0.39, 0.29) is 20.1 Å². The molecule has 52 heavy (non-hydrogen) atoms. The Labute approximate surface area is 317 Å².